The first-order chi connectivity index (χ1) is 9.13. The Kier molecular flexibility index (Phi) is 2.44. The molecule has 0 saturated heterocycles. The van der Waals surface area contributed by atoms with Gasteiger partial charge < -0.3 is 0 Å². The van der Waals surface area contributed by atoms with Crippen LogP contribution in [0.3, 0.4) is 0 Å². The molecule has 0 nitrogen and oxygen atoms in total. The maximum Gasteiger partial charge on any atom is -0.00364 e. The third-order valence-electron chi connectivity index (χ3n) is 6.60. The summed E-state index contributed by atoms with van der Waals surface area (Å²) in [5, 5.41) is 0. The molecule has 0 N–H and O–H groups in total. The zero-order chi connectivity index (χ0) is 13.1. The quantitative estimate of drug-likeness (QED) is 0.676. The van der Waals surface area contributed by atoms with Crippen LogP contribution in [-0.2, 0) is 5.41 Å². The van der Waals surface area contributed by atoms with E-state index in [4.69, 9.17) is 0 Å². The fourth-order valence-electron chi connectivity index (χ4n) is 6.11. The van der Waals surface area contributed by atoms with Crippen LogP contribution in [0.2, 0.25) is 0 Å². The van der Waals surface area contributed by atoms with E-state index in [1.165, 1.54) is 50.5 Å². The molecule has 4 bridgehead atoms. The average Bonchev–Trinajstić information content (AvgIpc) is 2.38. The molecule has 19 heavy (non-hydrogen) atoms. The van der Waals surface area contributed by atoms with Crippen molar-refractivity contribution in [3.63, 3.8) is 0 Å². The Labute approximate surface area is 117 Å². The third-order valence-corrected chi connectivity index (χ3v) is 6.60. The molecule has 4 saturated carbocycles. The second-order valence-corrected chi connectivity index (χ2v) is 7.96. The molecule has 0 radical (unpaired) electrons. The van der Waals surface area contributed by atoms with Crippen molar-refractivity contribution in [2.45, 2.75) is 64.2 Å². The Hall–Kier alpha value is -0.780. The van der Waals surface area contributed by atoms with Crippen LogP contribution >= 0.6 is 0 Å². The van der Waals surface area contributed by atoms with Gasteiger partial charge in [-0.05, 0) is 73.7 Å². The number of hydrogen-bond donors (Lipinski definition) is 0. The van der Waals surface area contributed by atoms with Gasteiger partial charge in [0.25, 0.3) is 0 Å². The summed E-state index contributed by atoms with van der Waals surface area (Å²) in [5.74, 6) is 2.06. The van der Waals surface area contributed by atoms with Crippen molar-refractivity contribution in [3.05, 3.63) is 35.4 Å². The predicted molar refractivity (Wildman–Crippen MR) is 80.3 cm³/mol. The monoisotopic (exact) mass is 254 g/mol. The summed E-state index contributed by atoms with van der Waals surface area (Å²) in [4.78, 5) is 0. The number of aryl methyl sites for hydroxylation is 1. The molecule has 4 aliphatic carbocycles. The largest absolute Gasteiger partial charge is 0.0649 e. The minimum atomic E-state index is 0.549. The molecule has 1 aromatic carbocycles. The van der Waals surface area contributed by atoms with Crippen molar-refractivity contribution < 1.29 is 0 Å². The summed E-state index contributed by atoms with van der Waals surface area (Å²) in [6.07, 6.45) is 10.5. The molecule has 5 rings (SSSR count). The van der Waals surface area contributed by atoms with Gasteiger partial charge in [-0.1, -0.05) is 43.2 Å². The van der Waals surface area contributed by atoms with E-state index >= 15 is 0 Å². The fraction of sp³-hybridized carbons (Fsp3) is 0.684. The summed E-state index contributed by atoms with van der Waals surface area (Å²) >= 11 is 0. The molecule has 0 aromatic heterocycles. The van der Waals surface area contributed by atoms with E-state index in [9.17, 15) is 0 Å². The molecule has 2 atom stereocenters. The topological polar surface area (TPSA) is 0 Å². The molecule has 0 heteroatoms. The molecule has 4 aliphatic rings. The molecule has 0 aliphatic heterocycles. The number of rotatable bonds is 2. The first-order valence-electron chi connectivity index (χ1n) is 8.20. The lowest BCUT2D eigenvalue weighted by molar-refractivity contribution is -0.0738. The SMILES string of the molecule is CCC12CC3CC(C1)CC(c1ccc(C)cc1)(C3)C2. The highest BCUT2D eigenvalue weighted by Gasteiger charge is 2.57. The zero-order valence-electron chi connectivity index (χ0n) is 12.4. The van der Waals surface area contributed by atoms with Crippen molar-refractivity contribution in [1.29, 1.82) is 0 Å². The van der Waals surface area contributed by atoms with E-state index in [0.29, 0.717) is 10.8 Å². The first-order valence-corrected chi connectivity index (χ1v) is 8.20. The van der Waals surface area contributed by atoms with Crippen molar-refractivity contribution >= 4 is 0 Å². The van der Waals surface area contributed by atoms with Gasteiger partial charge in [-0.2, -0.15) is 0 Å². The molecule has 1 aromatic rings. The smallest absolute Gasteiger partial charge is 0.00364 e. The standard InChI is InChI=1S/C19H26/c1-3-18-9-15-8-16(10-18)12-19(11-15,13-18)17-6-4-14(2)5-7-17/h4-7,15-16H,3,8-13H2,1-2H3. The molecule has 0 amide bonds. The van der Waals surface area contributed by atoms with Gasteiger partial charge in [0.2, 0.25) is 0 Å². The zero-order valence-corrected chi connectivity index (χ0v) is 12.4. The first kappa shape index (κ1) is 12.0. The molecule has 102 valence electrons. The Morgan fingerprint density at radius 2 is 1.63 bits per heavy atom. The Balaban J connectivity index is 1.76. The number of benzene rings is 1. The highest BCUT2D eigenvalue weighted by Crippen LogP contribution is 2.66. The van der Waals surface area contributed by atoms with Gasteiger partial charge >= 0.3 is 0 Å². The Morgan fingerprint density at radius 1 is 1.00 bits per heavy atom. The van der Waals surface area contributed by atoms with Crippen molar-refractivity contribution in [2.24, 2.45) is 17.3 Å². The van der Waals surface area contributed by atoms with Gasteiger partial charge in [0.05, 0.1) is 0 Å². The highest BCUT2D eigenvalue weighted by molar-refractivity contribution is 5.32. The van der Waals surface area contributed by atoms with E-state index in [1.807, 2.05) is 0 Å². The van der Waals surface area contributed by atoms with Crippen LogP contribution in [0.25, 0.3) is 0 Å². The van der Waals surface area contributed by atoms with E-state index in [1.54, 1.807) is 5.56 Å². The van der Waals surface area contributed by atoms with Crippen LogP contribution in [0.15, 0.2) is 24.3 Å². The van der Waals surface area contributed by atoms with Gasteiger partial charge in [0, 0.05) is 0 Å². The predicted octanol–water partition coefficient (Wildman–Crippen LogP) is 5.24. The van der Waals surface area contributed by atoms with E-state index in [-0.39, 0.29) is 0 Å². The van der Waals surface area contributed by atoms with Gasteiger partial charge in [-0.25, -0.2) is 0 Å². The highest BCUT2D eigenvalue weighted by atomic mass is 14.6. The van der Waals surface area contributed by atoms with Crippen LogP contribution in [-0.4, -0.2) is 0 Å². The van der Waals surface area contributed by atoms with Gasteiger partial charge in [0.1, 0.15) is 0 Å². The molecule has 4 fully saturated rings. The van der Waals surface area contributed by atoms with E-state index in [0.717, 1.165) is 11.8 Å². The normalized spacial score (nSPS) is 43.7. The second-order valence-electron chi connectivity index (χ2n) is 7.96. The summed E-state index contributed by atoms with van der Waals surface area (Å²) in [6, 6.07) is 9.52. The van der Waals surface area contributed by atoms with Gasteiger partial charge in [-0.15, -0.1) is 0 Å². The third kappa shape index (κ3) is 1.72. The summed E-state index contributed by atoms with van der Waals surface area (Å²) < 4.78 is 0. The maximum absolute atomic E-state index is 2.44. The van der Waals surface area contributed by atoms with Crippen LogP contribution < -0.4 is 0 Å². The van der Waals surface area contributed by atoms with Crippen LogP contribution in [0.1, 0.15) is 63.0 Å². The lowest BCUT2D eigenvalue weighted by Gasteiger charge is -2.62. The maximum atomic E-state index is 2.44. The van der Waals surface area contributed by atoms with E-state index < -0.39 is 0 Å². The molecule has 0 spiro atoms. The van der Waals surface area contributed by atoms with Crippen molar-refractivity contribution in [2.75, 3.05) is 0 Å². The second kappa shape index (κ2) is 3.87. The minimum absolute atomic E-state index is 0.549. The van der Waals surface area contributed by atoms with Gasteiger partial charge in [-0.3, -0.25) is 0 Å². The summed E-state index contributed by atoms with van der Waals surface area (Å²) in [6.45, 7) is 4.65. The van der Waals surface area contributed by atoms with Gasteiger partial charge in [0.15, 0.2) is 0 Å². The lowest BCUT2D eigenvalue weighted by Crippen LogP contribution is -2.53. The summed E-state index contributed by atoms with van der Waals surface area (Å²) in [7, 11) is 0. The van der Waals surface area contributed by atoms with Crippen LogP contribution in [0, 0.1) is 24.2 Å². The van der Waals surface area contributed by atoms with Crippen LogP contribution in [0.4, 0.5) is 0 Å². The molecule has 2 unspecified atom stereocenters. The molecule has 0 heterocycles. The fourth-order valence-corrected chi connectivity index (χ4v) is 6.11. The number of hydrogen-bond acceptors (Lipinski definition) is 0. The lowest BCUT2D eigenvalue weighted by atomic mass is 9.42. The Bertz CT molecular complexity index is 467. The van der Waals surface area contributed by atoms with E-state index in [2.05, 4.69) is 38.1 Å². The molecular weight excluding hydrogens is 228 g/mol. The van der Waals surface area contributed by atoms with Crippen molar-refractivity contribution in [3.8, 4) is 0 Å². The summed E-state index contributed by atoms with van der Waals surface area (Å²) in [5.41, 5.74) is 4.31. The van der Waals surface area contributed by atoms with Crippen LogP contribution in [0.5, 0.6) is 0 Å². The minimum Gasteiger partial charge on any atom is -0.0649 e. The Morgan fingerprint density at radius 3 is 2.21 bits per heavy atom. The van der Waals surface area contributed by atoms with Crippen molar-refractivity contribution in [1.82, 2.24) is 0 Å². The average molecular weight is 254 g/mol. The molecular formula is C19H26.